The second kappa shape index (κ2) is 39.9. The molecular weight excluding hydrogens is 598 g/mol. The fourth-order valence-electron chi connectivity index (χ4n) is 4.91. The van der Waals surface area contributed by atoms with Crippen LogP contribution in [0.25, 0.3) is 0 Å². The van der Waals surface area contributed by atoms with Crippen LogP contribution in [0.1, 0.15) is 194 Å². The van der Waals surface area contributed by atoms with Crippen molar-refractivity contribution in [1.82, 2.24) is 0 Å². The Morgan fingerprint density at radius 2 is 0.689 bits per heavy atom. The van der Waals surface area contributed by atoms with Gasteiger partial charge in [-0.1, -0.05) is 141 Å². The SMILES string of the molecule is CCCCCCCCC=CCCCCCCCC(=O)OC(=O)CCCCCCCC=CCCCCCCCC.O=P(O)(O)O.[NaH]. The Morgan fingerprint density at radius 1 is 0.467 bits per heavy atom. The number of unbranched alkanes of at least 4 members (excludes halogenated alkanes) is 22. The Hall–Kier alpha value is -0.270. The van der Waals surface area contributed by atoms with E-state index in [1.54, 1.807) is 0 Å². The summed E-state index contributed by atoms with van der Waals surface area (Å²) in [6.45, 7) is 4.53. The Labute approximate surface area is 299 Å². The van der Waals surface area contributed by atoms with Crippen LogP contribution in [0.4, 0.5) is 0 Å². The van der Waals surface area contributed by atoms with E-state index in [4.69, 9.17) is 24.0 Å². The Bertz CT molecular complexity index is 679. The molecule has 0 saturated heterocycles. The molecule has 0 saturated carbocycles. The zero-order valence-electron chi connectivity index (χ0n) is 28.5. The van der Waals surface area contributed by atoms with Gasteiger partial charge in [-0.25, -0.2) is 4.57 Å². The first-order valence-corrected chi connectivity index (χ1v) is 19.6. The molecule has 0 aliphatic heterocycles. The first kappa shape index (κ1) is 49.1. The minimum atomic E-state index is -4.64. The van der Waals surface area contributed by atoms with E-state index in [9.17, 15) is 9.59 Å². The summed E-state index contributed by atoms with van der Waals surface area (Å²) in [5.74, 6) is -0.684. The van der Waals surface area contributed by atoms with E-state index >= 15 is 0 Å². The van der Waals surface area contributed by atoms with Crippen LogP contribution in [0.3, 0.4) is 0 Å². The van der Waals surface area contributed by atoms with Crippen LogP contribution in [0.2, 0.25) is 0 Å². The van der Waals surface area contributed by atoms with Gasteiger partial charge in [-0.2, -0.15) is 0 Å². The van der Waals surface area contributed by atoms with E-state index in [1.807, 2.05) is 0 Å². The van der Waals surface area contributed by atoms with Gasteiger partial charge in [0, 0.05) is 12.8 Å². The van der Waals surface area contributed by atoms with Crippen LogP contribution in [-0.4, -0.2) is 56.2 Å². The molecule has 0 aliphatic rings. The van der Waals surface area contributed by atoms with Gasteiger partial charge in [-0.3, -0.25) is 9.59 Å². The van der Waals surface area contributed by atoms with E-state index in [-0.39, 0.29) is 41.5 Å². The summed E-state index contributed by atoms with van der Waals surface area (Å²) in [5, 5.41) is 0. The molecule has 9 heteroatoms. The molecule has 0 aliphatic carbocycles. The summed E-state index contributed by atoms with van der Waals surface area (Å²) in [6, 6.07) is 0. The van der Waals surface area contributed by atoms with Gasteiger partial charge in [0.15, 0.2) is 0 Å². The van der Waals surface area contributed by atoms with Crippen LogP contribution in [0.5, 0.6) is 0 Å². The van der Waals surface area contributed by atoms with Gasteiger partial charge >= 0.3 is 49.3 Å². The number of rotatable bonds is 30. The molecule has 0 unspecified atom stereocenters. The van der Waals surface area contributed by atoms with Crippen molar-refractivity contribution < 1.29 is 33.6 Å². The molecule has 0 bridgehead atoms. The van der Waals surface area contributed by atoms with Crippen molar-refractivity contribution in [3.05, 3.63) is 24.3 Å². The minimum absolute atomic E-state index is 0. The van der Waals surface area contributed by atoms with Crippen molar-refractivity contribution >= 4 is 49.3 Å². The fourth-order valence-corrected chi connectivity index (χ4v) is 4.91. The summed E-state index contributed by atoms with van der Waals surface area (Å²) in [6.07, 6.45) is 42.2. The predicted octanol–water partition coefficient (Wildman–Crippen LogP) is 10.6. The molecule has 3 N–H and O–H groups in total. The Balaban J connectivity index is -0.00000270. The van der Waals surface area contributed by atoms with Crippen molar-refractivity contribution in [2.75, 3.05) is 0 Å². The second-order valence-electron chi connectivity index (χ2n) is 12.0. The molecule has 262 valence electrons. The standard InChI is InChI=1S/C36H66O3.Na.H3O4P.H/c1-3-5-7-9-11-13-15-17-19-21-23-25-27-29-31-33-35(37)39-36(38)34-32-30-28-26-24-22-20-18-16-14-12-10-8-6-4-2;;1-5(2,3)4;/h17-20H,3-16,21-34H2,1-2H3;;(H3,1,2,3,4);. The molecule has 7 nitrogen and oxygen atoms in total. The van der Waals surface area contributed by atoms with Gasteiger partial charge in [0.25, 0.3) is 0 Å². The number of hydrogen-bond donors (Lipinski definition) is 3. The molecule has 0 aromatic heterocycles. The maximum absolute atomic E-state index is 11.9. The zero-order chi connectivity index (χ0) is 33.0. The average molecular weight is 669 g/mol. The van der Waals surface area contributed by atoms with Crippen molar-refractivity contribution in [2.45, 2.75) is 194 Å². The summed E-state index contributed by atoms with van der Waals surface area (Å²) in [5.41, 5.74) is 0. The first-order chi connectivity index (χ1) is 21.2. The van der Waals surface area contributed by atoms with Gasteiger partial charge in [0.2, 0.25) is 0 Å². The van der Waals surface area contributed by atoms with Crippen molar-refractivity contribution in [3.8, 4) is 0 Å². The number of carbonyl (C=O) groups excluding carboxylic acids is 2. The van der Waals surface area contributed by atoms with Crippen LogP contribution >= 0.6 is 7.82 Å². The van der Waals surface area contributed by atoms with E-state index in [1.165, 1.54) is 128 Å². The predicted molar refractivity (Wildman–Crippen MR) is 191 cm³/mol. The number of hydrogen-bond acceptors (Lipinski definition) is 4. The molecule has 0 amide bonds. The third-order valence-corrected chi connectivity index (χ3v) is 7.51. The number of allylic oxidation sites excluding steroid dienone is 4. The topological polar surface area (TPSA) is 121 Å². The second-order valence-corrected chi connectivity index (χ2v) is 13.1. The van der Waals surface area contributed by atoms with E-state index in [2.05, 4.69) is 38.2 Å². The van der Waals surface area contributed by atoms with Crippen LogP contribution < -0.4 is 0 Å². The molecule has 0 atom stereocenters. The molecule has 0 fully saturated rings. The maximum atomic E-state index is 11.9. The van der Waals surface area contributed by atoms with Gasteiger partial charge < -0.3 is 19.4 Å². The molecule has 0 heterocycles. The number of ether oxygens (including phenoxy) is 1. The molecule has 0 rings (SSSR count). The molecule has 45 heavy (non-hydrogen) atoms. The van der Waals surface area contributed by atoms with Crippen molar-refractivity contribution in [1.29, 1.82) is 0 Å². The first-order valence-electron chi connectivity index (χ1n) is 18.0. The molecule has 0 spiro atoms. The van der Waals surface area contributed by atoms with Crippen LogP contribution in [0, 0.1) is 0 Å². The van der Waals surface area contributed by atoms with Gasteiger partial charge in [0.05, 0.1) is 0 Å². The summed E-state index contributed by atoms with van der Waals surface area (Å²) in [4.78, 5) is 45.3. The molecular formula is C36H70NaO7P. The quantitative estimate of drug-likeness (QED) is 0.0174. The van der Waals surface area contributed by atoms with E-state index in [0.717, 1.165) is 38.5 Å². The third-order valence-electron chi connectivity index (χ3n) is 7.51. The van der Waals surface area contributed by atoms with Crippen LogP contribution in [-0.2, 0) is 18.9 Å². The summed E-state index contributed by atoms with van der Waals surface area (Å²) < 4.78 is 13.9. The average Bonchev–Trinajstić information content (AvgIpc) is 2.96. The summed E-state index contributed by atoms with van der Waals surface area (Å²) >= 11 is 0. The number of phosphoric acid groups is 1. The van der Waals surface area contributed by atoms with Gasteiger partial charge in [-0.05, 0) is 64.2 Å². The van der Waals surface area contributed by atoms with Crippen LogP contribution in [0.15, 0.2) is 24.3 Å². The molecule has 0 radical (unpaired) electrons. The monoisotopic (exact) mass is 668 g/mol. The zero-order valence-corrected chi connectivity index (χ0v) is 29.4. The molecule has 0 aromatic carbocycles. The van der Waals surface area contributed by atoms with E-state index < -0.39 is 7.82 Å². The third kappa shape index (κ3) is 53.5. The Kier molecular flexibility index (Phi) is 43.6. The Morgan fingerprint density at radius 3 is 0.956 bits per heavy atom. The van der Waals surface area contributed by atoms with Crippen molar-refractivity contribution in [3.63, 3.8) is 0 Å². The normalized spacial score (nSPS) is 11.4. The van der Waals surface area contributed by atoms with Gasteiger partial charge in [-0.15, -0.1) is 0 Å². The molecule has 0 aromatic rings. The van der Waals surface area contributed by atoms with Gasteiger partial charge in [0.1, 0.15) is 0 Å². The number of esters is 2. The summed E-state index contributed by atoms with van der Waals surface area (Å²) in [7, 11) is -4.64. The fraction of sp³-hybridized carbons (Fsp3) is 0.833. The van der Waals surface area contributed by atoms with Crippen molar-refractivity contribution in [2.24, 2.45) is 0 Å². The number of carbonyl (C=O) groups is 2. The van der Waals surface area contributed by atoms with E-state index in [0.29, 0.717) is 12.8 Å².